The van der Waals surface area contributed by atoms with Crippen LogP contribution in [-0.2, 0) is 0 Å². The molecule has 2 aromatic heterocycles. The molecule has 5 rings (SSSR count). The first kappa shape index (κ1) is 14.3. The summed E-state index contributed by atoms with van der Waals surface area (Å²) in [5.74, 6) is 1.02. The molecule has 24 heavy (non-hydrogen) atoms. The lowest BCUT2D eigenvalue weighted by molar-refractivity contribution is 0.613. The van der Waals surface area contributed by atoms with Crippen molar-refractivity contribution in [3.63, 3.8) is 0 Å². The van der Waals surface area contributed by atoms with Gasteiger partial charge >= 0.3 is 0 Å². The summed E-state index contributed by atoms with van der Waals surface area (Å²) in [6.07, 6.45) is 4.27. The van der Waals surface area contributed by atoms with Crippen molar-refractivity contribution in [3.8, 4) is 11.3 Å². The molecule has 1 atom stereocenters. The molecule has 4 nitrogen and oxygen atoms in total. The molecule has 5 heteroatoms. The van der Waals surface area contributed by atoms with Crippen LogP contribution in [-0.4, -0.2) is 16.5 Å². The maximum Gasteiger partial charge on any atom is 0.136 e. The molecule has 3 heterocycles. The number of hydrogen-bond donors (Lipinski definition) is 2. The van der Waals surface area contributed by atoms with Crippen LogP contribution in [0.2, 0.25) is 0 Å². The minimum Gasteiger partial charge on any atom is -0.456 e. The van der Waals surface area contributed by atoms with E-state index < -0.39 is 0 Å². The number of furan rings is 1. The van der Waals surface area contributed by atoms with E-state index in [2.05, 4.69) is 55.5 Å². The Morgan fingerprint density at radius 1 is 1.08 bits per heavy atom. The summed E-state index contributed by atoms with van der Waals surface area (Å²) in [4.78, 5) is 8.01. The van der Waals surface area contributed by atoms with Crippen molar-refractivity contribution in [3.05, 3.63) is 52.9 Å². The van der Waals surface area contributed by atoms with Crippen LogP contribution in [0.4, 0.5) is 0 Å². The largest absolute Gasteiger partial charge is 0.456 e. The second-order valence-corrected chi connectivity index (χ2v) is 7.20. The van der Waals surface area contributed by atoms with E-state index in [0.717, 1.165) is 56.5 Å². The monoisotopic (exact) mass is 381 g/mol. The average molecular weight is 382 g/mol. The molecule has 0 bridgehead atoms. The molecule has 0 saturated carbocycles. The van der Waals surface area contributed by atoms with Crippen LogP contribution >= 0.6 is 15.9 Å². The fraction of sp³-hybridized carbons (Fsp3) is 0.211. The van der Waals surface area contributed by atoms with E-state index >= 15 is 0 Å². The predicted octanol–water partition coefficient (Wildman–Crippen LogP) is 5.16. The van der Waals surface area contributed by atoms with Crippen molar-refractivity contribution < 1.29 is 4.42 Å². The van der Waals surface area contributed by atoms with Crippen LogP contribution in [0, 0.1) is 0 Å². The molecule has 4 aromatic rings. The summed E-state index contributed by atoms with van der Waals surface area (Å²) in [6, 6.07) is 12.8. The number of aromatic nitrogens is 2. The summed E-state index contributed by atoms with van der Waals surface area (Å²) in [7, 11) is 0. The van der Waals surface area contributed by atoms with Gasteiger partial charge in [-0.25, -0.2) is 4.98 Å². The Balaban J connectivity index is 1.58. The molecule has 120 valence electrons. The van der Waals surface area contributed by atoms with Gasteiger partial charge in [0.1, 0.15) is 17.0 Å². The molecule has 1 saturated heterocycles. The third kappa shape index (κ3) is 2.27. The van der Waals surface area contributed by atoms with E-state index in [0.29, 0.717) is 6.04 Å². The maximum absolute atomic E-state index is 6.03. The zero-order chi connectivity index (χ0) is 16.1. The lowest BCUT2D eigenvalue weighted by Gasteiger charge is -2.05. The van der Waals surface area contributed by atoms with E-state index in [1.165, 1.54) is 6.42 Å². The zero-order valence-electron chi connectivity index (χ0n) is 13.0. The molecule has 0 spiro atoms. The predicted molar refractivity (Wildman–Crippen MR) is 99.0 cm³/mol. The highest BCUT2D eigenvalue weighted by Crippen LogP contribution is 2.33. The highest BCUT2D eigenvalue weighted by atomic mass is 79.9. The topological polar surface area (TPSA) is 53.9 Å². The molecule has 0 unspecified atom stereocenters. The molecule has 2 N–H and O–H groups in total. The fourth-order valence-corrected chi connectivity index (χ4v) is 3.84. The normalized spacial score (nSPS) is 18.0. The standard InChI is InChI=1S/C19H16BrN3O/c20-12-4-6-14-13-5-3-11(8-17(13)24-18(14)9-12)16-10-22-19(23-16)15-2-1-7-21-15/h3-6,8-10,15,21H,1-2,7H2,(H,22,23)/t15-/m0/s1. The number of H-pyrrole nitrogens is 1. The number of halogens is 1. The number of rotatable bonds is 2. The maximum atomic E-state index is 6.03. The minimum atomic E-state index is 0.353. The van der Waals surface area contributed by atoms with Crippen LogP contribution < -0.4 is 5.32 Å². The Kier molecular flexibility index (Phi) is 3.24. The number of fused-ring (bicyclic) bond motifs is 3. The van der Waals surface area contributed by atoms with E-state index in [1.807, 2.05) is 18.3 Å². The Hall–Kier alpha value is -2.11. The first-order chi connectivity index (χ1) is 11.8. The average Bonchev–Trinajstić information content (AvgIpc) is 3.32. The van der Waals surface area contributed by atoms with E-state index in [9.17, 15) is 0 Å². The quantitative estimate of drug-likeness (QED) is 0.503. The zero-order valence-corrected chi connectivity index (χ0v) is 14.6. The summed E-state index contributed by atoms with van der Waals surface area (Å²) in [6.45, 7) is 1.07. The minimum absolute atomic E-state index is 0.353. The van der Waals surface area contributed by atoms with Gasteiger partial charge in [-0.15, -0.1) is 0 Å². The van der Waals surface area contributed by atoms with Crippen LogP contribution in [0.25, 0.3) is 33.2 Å². The lowest BCUT2D eigenvalue weighted by atomic mass is 10.1. The SMILES string of the molecule is Brc1ccc2c(c1)oc1cc(-c3cnc([C@@H]4CCCN4)[nH]3)ccc12. The number of benzene rings is 2. The fourth-order valence-electron chi connectivity index (χ4n) is 3.50. The van der Waals surface area contributed by atoms with Crippen molar-refractivity contribution in [2.75, 3.05) is 6.54 Å². The van der Waals surface area contributed by atoms with E-state index in [-0.39, 0.29) is 0 Å². The number of nitrogens with zero attached hydrogens (tertiary/aromatic N) is 1. The summed E-state index contributed by atoms with van der Waals surface area (Å²) in [5, 5.41) is 5.75. The van der Waals surface area contributed by atoms with Crippen LogP contribution in [0.3, 0.4) is 0 Å². The second kappa shape index (κ2) is 5.46. The Bertz CT molecular complexity index is 1040. The highest BCUT2D eigenvalue weighted by Gasteiger charge is 2.19. The van der Waals surface area contributed by atoms with Crippen molar-refractivity contribution in [1.29, 1.82) is 0 Å². The van der Waals surface area contributed by atoms with Crippen LogP contribution in [0.1, 0.15) is 24.7 Å². The third-order valence-corrected chi connectivity index (χ3v) is 5.23. The van der Waals surface area contributed by atoms with Crippen LogP contribution in [0.5, 0.6) is 0 Å². The summed E-state index contributed by atoms with van der Waals surface area (Å²) >= 11 is 3.50. The molecule has 1 fully saturated rings. The highest BCUT2D eigenvalue weighted by molar-refractivity contribution is 9.10. The van der Waals surface area contributed by atoms with Crippen molar-refractivity contribution in [1.82, 2.24) is 15.3 Å². The number of hydrogen-bond acceptors (Lipinski definition) is 3. The smallest absolute Gasteiger partial charge is 0.136 e. The molecule has 0 amide bonds. The van der Waals surface area contributed by atoms with Crippen molar-refractivity contribution >= 4 is 37.9 Å². The number of imidazole rings is 1. The number of aromatic amines is 1. The van der Waals surface area contributed by atoms with Crippen molar-refractivity contribution in [2.24, 2.45) is 0 Å². The van der Waals surface area contributed by atoms with Gasteiger partial charge in [-0.3, -0.25) is 0 Å². The first-order valence-corrected chi connectivity index (χ1v) is 8.98. The molecule has 1 aliphatic heterocycles. The summed E-state index contributed by atoms with van der Waals surface area (Å²) < 4.78 is 7.05. The van der Waals surface area contributed by atoms with Gasteiger partial charge in [0.25, 0.3) is 0 Å². The van der Waals surface area contributed by atoms with Gasteiger partial charge < -0.3 is 14.7 Å². The van der Waals surface area contributed by atoms with E-state index in [1.54, 1.807) is 0 Å². The molecular formula is C19H16BrN3O. The van der Waals surface area contributed by atoms with Gasteiger partial charge in [0, 0.05) is 20.8 Å². The molecule has 0 aliphatic carbocycles. The lowest BCUT2D eigenvalue weighted by Crippen LogP contribution is -2.14. The first-order valence-electron chi connectivity index (χ1n) is 8.18. The molecule has 1 aliphatic rings. The summed E-state index contributed by atoms with van der Waals surface area (Å²) in [5.41, 5.74) is 3.92. The Morgan fingerprint density at radius 3 is 2.75 bits per heavy atom. The molecular weight excluding hydrogens is 366 g/mol. The van der Waals surface area contributed by atoms with Gasteiger partial charge in [0.05, 0.1) is 17.9 Å². The molecule has 0 radical (unpaired) electrons. The van der Waals surface area contributed by atoms with Gasteiger partial charge in [0.2, 0.25) is 0 Å². The Morgan fingerprint density at radius 2 is 1.92 bits per heavy atom. The van der Waals surface area contributed by atoms with Gasteiger partial charge in [0.15, 0.2) is 0 Å². The van der Waals surface area contributed by atoms with Crippen molar-refractivity contribution in [2.45, 2.75) is 18.9 Å². The second-order valence-electron chi connectivity index (χ2n) is 6.28. The van der Waals surface area contributed by atoms with Crippen LogP contribution in [0.15, 0.2) is 51.5 Å². The molecule has 2 aromatic carbocycles. The number of nitrogens with one attached hydrogen (secondary N) is 2. The van der Waals surface area contributed by atoms with E-state index in [4.69, 9.17) is 4.42 Å². The van der Waals surface area contributed by atoms with Gasteiger partial charge in [-0.05, 0) is 49.7 Å². The van der Waals surface area contributed by atoms with Gasteiger partial charge in [-0.2, -0.15) is 0 Å². The third-order valence-electron chi connectivity index (χ3n) is 4.73. The van der Waals surface area contributed by atoms with Gasteiger partial charge in [-0.1, -0.05) is 22.0 Å². The Labute approximate surface area is 147 Å².